The minimum Gasteiger partial charge on any atom is -0.480 e. The normalized spacial score (nSPS) is 12.3. The Labute approximate surface area is 116 Å². The number of nitrogens with one attached hydrogen (secondary N) is 1. The third-order valence-electron chi connectivity index (χ3n) is 3.15. The molecule has 1 atom stereocenters. The van der Waals surface area contributed by atoms with Gasteiger partial charge >= 0.3 is 5.97 Å². The largest absolute Gasteiger partial charge is 0.480 e. The van der Waals surface area contributed by atoms with Gasteiger partial charge < -0.3 is 10.4 Å². The van der Waals surface area contributed by atoms with Gasteiger partial charge in [-0.05, 0) is 12.5 Å². The monoisotopic (exact) mass is 275 g/mol. The number of benzene rings is 1. The SMILES string of the molecule is CCCC(NC(=O)c1nn(C)c2ccccc12)C(=O)O. The van der Waals surface area contributed by atoms with Crippen molar-refractivity contribution in [3.8, 4) is 0 Å². The van der Waals surface area contributed by atoms with E-state index in [0.29, 0.717) is 18.2 Å². The molecule has 0 fully saturated rings. The maximum atomic E-state index is 12.2. The van der Waals surface area contributed by atoms with E-state index in [4.69, 9.17) is 5.11 Å². The summed E-state index contributed by atoms with van der Waals surface area (Å²) in [4.78, 5) is 23.3. The first-order chi connectivity index (χ1) is 9.54. The molecule has 0 aliphatic rings. The summed E-state index contributed by atoms with van der Waals surface area (Å²) in [5.41, 5.74) is 1.09. The van der Waals surface area contributed by atoms with E-state index in [1.165, 1.54) is 0 Å². The number of hydrogen-bond acceptors (Lipinski definition) is 3. The number of carbonyl (C=O) groups is 2. The Kier molecular flexibility index (Phi) is 4.02. The van der Waals surface area contributed by atoms with Gasteiger partial charge in [0.25, 0.3) is 5.91 Å². The lowest BCUT2D eigenvalue weighted by molar-refractivity contribution is -0.139. The van der Waals surface area contributed by atoms with E-state index in [0.717, 1.165) is 5.52 Å². The molecule has 106 valence electrons. The highest BCUT2D eigenvalue weighted by molar-refractivity contribution is 6.05. The summed E-state index contributed by atoms with van der Waals surface area (Å²) in [6, 6.07) is 6.46. The number of rotatable bonds is 5. The summed E-state index contributed by atoms with van der Waals surface area (Å²) in [7, 11) is 1.75. The van der Waals surface area contributed by atoms with Crippen LogP contribution in [0, 0.1) is 0 Å². The first-order valence-corrected chi connectivity index (χ1v) is 6.50. The number of carboxylic acids is 1. The van der Waals surface area contributed by atoms with Crippen molar-refractivity contribution in [2.75, 3.05) is 0 Å². The molecular weight excluding hydrogens is 258 g/mol. The molecule has 0 spiro atoms. The van der Waals surface area contributed by atoms with Crippen LogP contribution in [-0.4, -0.2) is 32.8 Å². The number of carbonyl (C=O) groups excluding carboxylic acids is 1. The summed E-state index contributed by atoms with van der Waals surface area (Å²) in [6.07, 6.45) is 1.08. The number of nitrogens with zero attached hydrogens (tertiary/aromatic N) is 2. The number of hydrogen-bond donors (Lipinski definition) is 2. The highest BCUT2D eigenvalue weighted by atomic mass is 16.4. The van der Waals surface area contributed by atoms with Crippen LogP contribution in [0.25, 0.3) is 10.9 Å². The summed E-state index contributed by atoms with van der Waals surface area (Å²) in [5, 5.41) is 16.5. The average molecular weight is 275 g/mol. The summed E-state index contributed by atoms with van der Waals surface area (Å²) in [5.74, 6) is -1.48. The molecule has 1 heterocycles. The van der Waals surface area contributed by atoms with Crippen molar-refractivity contribution in [1.29, 1.82) is 0 Å². The topological polar surface area (TPSA) is 84.2 Å². The fraction of sp³-hybridized carbons (Fsp3) is 0.357. The standard InChI is InChI=1S/C14H17N3O3/c1-3-6-10(14(19)20)15-13(18)12-9-7-4-5-8-11(9)17(2)16-12/h4-5,7-8,10H,3,6H2,1-2H3,(H,15,18)(H,19,20). The summed E-state index contributed by atoms with van der Waals surface area (Å²) >= 11 is 0. The number of fused-ring (bicyclic) bond motifs is 1. The second-order valence-electron chi connectivity index (χ2n) is 4.64. The van der Waals surface area contributed by atoms with E-state index >= 15 is 0 Å². The zero-order valence-electron chi connectivity index (χ0n) is 11.5. The van der Waals surface area contributed by atoms with Crippen LogP contribution in [0.4, 0.5) is 0 Å². The van der Waals surface area contributed by atoms with Gasteiger partial charge in [-0.3, -0.25) is 9.48 Å². The molecule has 1 aromatic heterocycles. The molecule has 0 bridgehead atoms. The number of aliphatic carboxylic acids is 1. The second-order valence-corrected chi connectivity index (χ2v) is 4.64. The van der Waals surface area contributed by atoms with Gasteiger partial charge in [-0.2, -0.15) is 5.10 Å². The number of aryl methyl sites for hydroxylation is 1. The van der Waals surface area contributed by atoms with Gasteiger partial charge in [-0.1, -0.05) is 31.5 Å². The first kappa shape index (κ1) is 14.0. The van der Waals surface area contributed by atoms with Crippen molar-refractivity contribution in [1.82, 2.24) is 15.1 Å². The number of amides is 1. The summed E-state index contributed by atoms with van der Waals surface area (Å²) in [6.45, 7) is 1.87. The molecule has 0 aliphatic carbocycles. The Morgan fingerprint density at radius 1 is 1.40 bits per heavy atom. The van der Waals surface area contributed by atoms with Crippen molar-refractivity contribution >= 4 is 22.8 Å². The Morgan fingerprint density at radius 3 is 2.75 bits per heavy atom. The molecule has 0 aliphatic heterocycles. The van der Waals surface area contributed by atoms with Crippen LogP contribution in [0.5, 0.6) is 0 Å². The van der Waals surface area contributed by atoms with Crippen LogP contribution in [0.3, 0.4) is 0 Å². The number of aromatic nitrogens is 2. The van der Waals surface area contributed by atoms with Crippen molar-refractivity contribution < 1.29 is 14.7 Å². The van der Waals surface area contributed by atoms with Crippen LogP contribution in [0.1, 0.15) is 30.3 Å². The van der Waals surface area contributed by atoms with Crippen LogP contribution < -0.4 is 5.32 Å². The van der Waals surface area contributed by atoms with Gasteiger partial charge in [0, 0.05) is 12.4 Å². The molecule has 2 aromatic rings. The van der Waals surface area contributed by atoms with E-state index in [-0.39, 0.29) is 5.69 Å². The Morgan fingerprint density at radius 2 is 2.10 bits per heavy atom. The Hall–Kier alpha value is -2.37. The highest BCUT2D eigenvalue weighted by Gasteiger charge is 2.22. The molecule has 20 heavy (non-hydrogen) atoms. The zero-order chi connectivity index (χ0) is 14.7. The van der Waals surface area contributed by atoms with Crippen LogP contribution in [0.15, 0.2) is 24.3 Å². The second kappa shape index (κ2) is 5.73. The molecule has 1 unspecified atom stereocenters. The molecule has 1 amide bonds. The quantitative estimate of drug-likeness (QED) is 0.867. The molecule has 0 saturated carbocycles. The van der Waals surface area contributed by atoms with Gasteiger partial charge in [0.1, 0.15) is 6.04 Å². The lowest BCUT2D eigenvalue weighted by Crippen LogP contribution is -2.40. The average Bonchev–Trinajstić information content (AvgIpc) is 2.76. The minimum absolute atomic E-state index is 0.255. The number of carboxylic acid groups (broad SMARTS) is 1. The molecule has 0 saturated heterocycles. The third-order valence-corrected chi connectivity index (χ3v) is 3.15. The summed E-state index contributed by atoms with van der Waals surface area (Å²) < 4.78 is 1.61. The predicted octanol–water partition coefficient (Wildman–Crippen LogP) is 1.56. The van der Waals surface area contributed by atoms with Gasteiger partial charge in [0.05, 0.1) is 5.52 Å². The van der Waals surface area contributed by atoms with Gasteiger partial charge in [0.15, 0.2) is 5.69 Å². The van der Waals surface area contributed by atoms with Crippen molar-refractivity contribution in [3.63, 3.8) is 0 Å². The minimum atomic E-state index is -1.03. The van der Waals surface area contributed by atoms with Gasteiger partial charge in [-0.15, -0.1) is 0 Å². The van der Waals surface area contributed by atoms with Crippen molar-refractivity contribution in [2.45, 2.75) is 25.8 Å². The molecule has 2 rings (SSSR count). The van der Waals surface area contributed by atoms with E-state index in [1.54, 1.807) is 17.8 Å². The lowest BCUT2D eigenvalue weighted by atomic mass is 10.1. The molecule has 0 radical (unpaired) electrons. The van der Waals surface area contributed by atoms with Crippen molar-refractivity contribution in [2.24, 2.45) is 7.05 Å². The molecule has 2 N–H and O–H groups in total. The fourth-order valence-electron chi connectivity index (χ4n) is 2.15. The van der Waals surface area contributed by atoms with E-state index in [2.05, 4.69) is 10.4 Å². The third kappa shape index (κ3) is 2.64. The zero-order valence-corrected chi connectivity index (χ0v) is 11.5. The van der Waals surface area contributed by atoms with E-state index in [9.17, 15) is 9.59 Å². The fourth-order valence-corrected chi connectivity index (χ4v) is 2.15. The van der Waals surface area contributed by atoms with Crippen LogP contribution in [0.2, 0.25) is 0 Å². The van der Waals surface area contributed by atoms with Crippen LogP contribution in [-0.2, 0) is 11.8 Å². The predicted molar refractivity (Wildman–Crippen MR) is 74.5 cm³/mol. The molecular formula is C14H17N3O3. The van der Waals surface area contributed by atoms with Crippen molar-refractivity contribution in [3.05, 3.63) is 30.0 Å². The van der Waals surface area contributed by atoms with E-state index < -0.39 is 17.9 Å². The van der Waals surface area contributed by atoms with E-state index in [1.807, 2.05) is 25.1 Å². The smallest absolute Gasteiger partial charge is 0.326 e. The Bertz CT molecular complexity index is 648. The molecule has 6 nitrogen and oxygen atoms in total. The molecule has 1 aromatic carbocycles. The maximum absolute atomic E-state index is 12.2. The number of para-hydroxylation sites is 1. The van der Waals surface area contributed by atoms with Gasteiger partial charge in [-0.25, -0.2) is 4.79 Å². The molecule has 6 heteroatoms. The maximum Gasteiger partial charge on any atom is 0.326 e. The lowest BCUT2D eigenvalue weighted by Gasteiger charge is -2.12. The van der Waals surface area contributed by atoms with Gasteiger partial charge in [0.2, 0.25) is 0 Å². The Balaban J connectivity index is 2.29. The highest BCUT2D eigenvalue weighted by Crippen LogP contribution is 2.17. The first-order valence-electron chi connectivity index (χ1n) is 6.50. The van der Waals surface area contributed by atoms with Crippen LogP contribution >= 0.6 is 0 Å².